The summed E-state index contributed by atoms with van der Waals surface area (Å²) in [6.45, 7) is 3.33. The Morgan fingerprint density at radius 3 is 2.39 bits per heavy atom. The zero-order valence-corrected chi connectivity index (χ0v) is 16.4. The van der Waals surface area contributed by atoms with Crippen molar-refractivity contribution in [1.29, 1.82) is 0 Å². The standard InChI is InChI=1S/C21H25NO6/c1-13(12-16(23)18-19(24)17(26-3)10-11-22-18)21(25)28-14(2)20(27-4)15-8-6-5-7-9-15/h5-11,13-14,20,24H,12H2,1-4H3/t13-,14+,20+/m1/s1. The zero-order chi connectivity index (χ0) is 20.7. The Labute approximate surface area is 164 Å². The van der Waals surface area contributed by atoms with Crippen molar-refractivity contribution in [3.63, 3.8) is 0 Å². The van der Waals surface area contributed by atoms with Gasteiger partial charge in [-0.3, -0.25) is 9.59 Å². The van der Waals surface area contributed by atoms with Crippen LogP contribution < -0.4 is 4.74 Å². The van der Waals surface area contributed by atoms with Gasteiger partial charge in [-0.2, -0.15) is 0 Å². The molecule has 2 aromatic rings. The fourth-order valence-electron chi connectivity index (χ4n) is 2.87. The van der Waals surface area contributed by atoms with E-state index >= 15 is 0 Å². The molecule has 0 spiro atoms. The Morgan fingerprint density at radius 2 is 1.79 bits per heavy atom. The van der Waals surface area contributed by atoms with Crippen LogP contribution in [0.2, 0.25) is 0 Å². The van der Waals surface area contributed by atoms with Crippen LogP contribution in [0.4, 0.5) is 0 Å². The van der Waals surface area contributed by atoms with Crippen LogP contribution in [0.3, 0.4) is 0 Å². The molecular formula is C21H25NO6. The molecule has 1 aromatic heterocycles. The molecule has 1 aromatic carbocycles. The second-order valence-electron chi connectivity index (χ2n) is 6.45. The second kappa shape index (κ2) is 9.85. The van der Waals surface area contributed by atoms with Crippen molar-refractivity contribution in [2.45, 2.75) is 32.5 Å². The van der Waals surface area contributed by atoms with Gasteiger partial charge in [0.25, 0.3) is 0 Å². The number of aromatic hydroxyl groups is 1. The van der Waals surface area contributed by atoms with Gasteiger partial charge >= 0.3 is 5.97 Å². The van der Waals surface area contributed by atoms with E-state index in [-0.39, 0.29) is 23.6 Å². The Morgan fingerprint density at radius 1 is 1.11 bits per heavy atom. The third-order valence-electron chi connectivity index (χ3n) is 4.38. The summed E-state index contributed by atoms with van der Waals surface area (Å²) in [5.74, 6) is -1.91. The molecule has 0 unspecified atom stereocenters. The minimum atomic E-state index is -0.712. The lowest BCUT2D eigenvalue weighted by molar-refractivity contribution is -0.159. The lowest BCUT2D eigenvalue weighted by Crippen LogP contribution is -2.28. The average Bonchev–Trinajstić information content (AvgIpc) is 2.69. The normalized spacial score (nSPS) is 14.0. The number of methoxy groups -OCH3 is 2. The summed E-state index contributed by atoms with van der Waals surface area (Å²) >= 11 is 0. The zero-order valence-electron chi connectivity index (χ0n) is 16.4. The minimum absolute atomic E-state index is 0.133. The van der Waals surface area contributed by atoms with Crippen LogP contribution >= 0.6 is 0 Å². The van der Waals surface area contributed by atoms with Gasteiger partial charge in [0.2, 0.25) is 0 Å². The molecule has 0 aliphatic rings. The van der Waals surface area contributed by atoms with E-state index in [0.717, 1.165) is 5.56 Å². The highest BCUT2D eigenvalue weighted by Gasteiger charge is 2.27. The second-order valence-corrected chi connectivity index (χ2v) is 6.45. The van der Waals surface area contributed by atoms with Gasteiger partial charge in [-0.15, -0.1) is 0 Å². The smallest absolute Gasteiger partial charge is 0.309 e. The molecule has 0 radical (unpaired) electrons. The molecule has 2 rings (SSSR count). The Bertz CT molecular complexity index is 808. The first-order chi connectivity index (χ1) is 13.4. The molecule has 0 amide bonds. The fraction of sp³-hybridized carbons (Fsp3) is 0.381. The molecule has 1 N–H and O–H groups in total. The largest absolute Gasteiger partial charge is 0.503 e. The molecule has 3 atom stereocenters. The van der Waals surface area contributed by atoms with Gasteiger partial charge in [0.05, 0.1) is 13.0 Å². The van der Waals surface area contributed by atoms with Crippen LogP contribution in [-0.2, 0) is 14.3 Å². The summed E-state index contributed by atoms with van der Waals surface area (Å²) in [5, 5.41) is 10.0. The summed E-state index contributed by atoms with van der Waals surface area (Å²) in [6, 6.07) is 10.9. The van der Waals surface area contributed by atoms with Crippen LogP contribution in [0.15, 0.2) is 42.6 Å². The lowest BCUT2D eigenvalue weighted by atomic mass is 10.0. The molecule has 1 heterocycles. The van der Waals surface area contributed by atoms with Gasteiger partial charge < -0.3 is 19.3 Å². The van der Waals surface area contributed by atoms with Crippen LogP contribution in [-0.4, -0.2) is 42.2 Å². The lowest BCUT2D eigenvalue weighted by Gasteiger charge is -2.24. The van der Waals surface area contributed by atoms with E-state index in [1.807, 2.05) is 30.3 Å². The number of nitrogens with zero attached hydrogens (tertiary/aromatic N) is 1. The number of ether oxygens (including phenoxy) is 3. The van der Waals surface area contributed by atoms with Gasteiger partial charge in [0, 0.05) is 25.8 Å². The summed E-state index contributed by atoms with van der Waals surface area (Å²) < 4.78 is 16.0. The van der Waals surface area contributed by atoms with E-state index in [1.165, 1.54) is 19.4 Å². The maximum absolute atomic E-state index is 12.4. The van der Waals surface area contributed by atoms with Crippen LogP contribution in [0.1, 0.15) is 42.4 Å². The number of aromatic nitrogens is 1. The summed E-state index contributed by atoms with van der Waals surface area (Å²) in [6.07, 6.45) is 0.250. The van der Waals surface area contributed by atoms with Gasteiger partial charge in [-0.25, -0.2) is 4.98 Å². The maximum Gasteiger partial charge on any atom is 0.309 e. The number of benzene rings is 1. The van der Waals surface area contributed by atoms with E-state index in [4.69, 9.17) is 14.2 Å². The predicted octanol–water partition coefficient (Wildman–Crippen LogP) is 3.32. The molecule has 0 aliphatic carbocycles. The third kappa shape index (κ3) is 5.07. The SMILES string of the molecule is COc1ccnc(C(=O)C[C@@H](C)C(=O)O[C@@H](C)[C@H](OC)c2ccccc2)c1O. The number of hydrogen-bond acceptors (Lipinski definition) is 7. The van der Waals surface area contributed by atoms with Gasteiger partial charge in [-0.05, 0) is 12.5 Å². The monoisotopic (exact) mass is 387 g/mol. The number of ketones is 1. The van der Waals surface area contributed by atoms with Crippen molar-refractivity contribution < 1.29 is 28.9 Å². The highest BCUT2D eigenvalue weighted by Crippen LogP contribution is 2.29. The van der Waals surface area contributed by atoms with E-state index in [9.17, 15) is 14.7 Å². The number of pyridine rings is 1. The molecule has 150 valence electrons. The van der Waals surface area contributed by atoms with Crippen molar-refractivity contribution in [2.75, 3.05) is 14.2 Å². The number of rotatable bonds is 9. The molecular weight excluding hydrogens is 362 g/mol. The van der Waals surface area contributed by atoms with Gasteiger partial charge in [-0.1, -0.05) is 37.3 Å². The molecule has 0 bridgehead atoms. The third-order valence-corrected chi connectivity index (χ3v) is 4.38. The quantitative estimate of drug-likeness (QED) is 0.521. The Balaban J connectivity index is 2.01. The number of hydrogen-bond donors (Lipinski definition) is 1. The first-order valence-electron chi connectivity index (χ1n) is 8.92. The highest BCUT2D eigenvalue weighted by atomic mass is 16.6. The molecule has 0 saturated heterocycles. The predicted molar refractivity (Wildman–Crippen MR) is 102 cm³/mol. The van der Waals surface area contributed by atoms with Crippen molar-refractivity contribution in [2.24, 2.45) is 5.92 Å². The van der Waals surface area contributed by atoms with E-state index in [2.05, 4.69) is 4.98 Å². The summed E-state index contributed by atoms with van der Waals surface area (Å²) in [5.41, 5.74) is 0.755. The summed E-state index contributed by atoms with van der Waals surface area (Å²) in [4.78, 5) is 28.8. The number of Topliss-reactive ketones (excluding diaryl/α,β-unsaturated/α-hetero) is 1. The Hall–Kier alpha value is -2.93. The van der Waals surface area contributed by atoms with Crippen molar-refractivity contribution in [1.82, 2.24) is 4.98 Å². The van der Waals surface area contributed by atoms with Crippen LogP contribution in [0.25, 0.3) is 0 Å². The maximum atomic E-state index is 12.4. The van der Waals surface area contributed by atoms with E-state index in [1.54, 1.807) is 21.0 Å². The number of carbonyl (C=O) groups excluding carboxylic acids is 2. The first-order valence-corrected chi connectivity index (χ1v) is 8.92. The van der Waals surface area contributed by atoms with Gasteiger partial charge in [0.1, 0.15) is 12.2 Å². The average molecular weight is 387 g/mol. The molecule has 7 heteroatoms. The molecule has 0 aliphatic heterocycles. The van der Waals surface area contributed by atoms with E-state index in [0.29, 0.717) is 0 Å². The molecule has 0 fully saturated rings. The fourth-order valence-corrected chi connectivity index (χ4v) is 2.87. The van der Waals surface area contributed by atoms with Crippen LogP contribution in [0, 0.1) is 5.92 Å². The van der Waals surface area contributed by atoms with Gasteiger partial charge in [0.15, 0.2) is 23.0 Å². The van der Waals surface area contributed by atoms with Crippen LogP contribution in [0.5, 0.6) is 11.5 Å². The van der Waals surface area contributed by atoms with E-state index < -0.39 is 29.9 Å². The Kier molecular flexibility index (Phi) is 7.52. The first kappa shape index (κ1) is 21.4. The van der Waals surface area contributed by atoms with Crippen molar-refractivity contribution >= 4 is 11.8 Å². The molecule has 28 heavy (non-hydrogen) atoms. The van der Waals surface area contributed by atoms with Crippen molar-refractivity contribution in [3.05, 3.63) is 53.9 Å². The summed E-state index contributed by atoms with van der Waals surface area (Å²) in [7, 11) is 2.93. The molecule has 0 saturated carbocycles. The number of carbonyl (C=O) groups is 2. The topological polar surface area (TPSA) is 95.0 Å². The van der Waals surface area contributed by atoms with Crippen molar-refractivity contribution in [3.8, 4) is 11.5 Å². The minimum Gasteiger partial charge on any atom is -0.503 e. The molecule has 7 nitrogen and oxygen atoms in total. The number of esters is 1. The highest BCUT2D eigenvalue weighted by molar-refractivity contribution is 5.99.